The molecule has 0 aromatic carbocycles. The van der Waals surface area contributed by atoms with Gasteiger partial charge in [-0.25, -0.2) is 4.98 Å². The van der Waals surface area contributed by atoms with Crippen molar-refractivity contribution in [3.05, 3.63) is 36.8 Å². The second-order valence-corrected chi connectivity index (χ2v) is 6.71. The highest BCUT2D eigenvalue weighted by Gasteiger charge is 2.25. The van der Waals surface area contributed by atoms with Crippen molar-refractivity contribution in [2.75, 3.05) is 17.2 Å². The van der Waals surface area contributed by atoms with E-state index in [-0.39, 0.29) is 18.6 Å². The van der Waals surface area contributed by atoms with Gasteiger partial charge in [0.25, 0.3) is 0 Å². The molecule has 3 aromatic rings. The van der Waals surface area contributed by atoms with Crippen molar-refractivity contribution >= 4 is 36.3 Å². The summed E-state index contributed by atoms with van der Waals surface area (Å²) in [5.41, 5.74) is 1.97. The highest BCUT2D eigenvalue weighted by Crippen LogP contribution is 2.28. The quantitative estimate of drug-likeness (QED) is 0.608. The first kappa shape index (κ1) is 16.8. The van der Waals surface area contributed by atoms with Gasteiger partial charge in [0.05, 0.1) is 11.9 Å². The van der Waals surface area contributed by atoms with Crippen LogP contribution in [0, 0.1) is 5.92 Å². The molecule has 0 spiro atoms. The third-order valence-electron chi connectivity index (χ3n) is 4.91. The molecule has 1 aliphatic carbocycles. The first-order valence-corrected chi connectivity index (χ1v) is 8.93. The van der Waals surface area contributed by atoms with Gasteiger partial charge in [0, 0.05) is 37.0 Å². The Morgan fingerprint density at radius 1 is 1.27 bits per heavy atom. The average molecular weight is 348 g/mol. The Labute approximate surface area is 153 Å². The highest BCUT2D eigenvalue weighted by molar-refractivity contribution is 6.36. The van der Waals surface area contributed by atoms with Crippen LogP contribution in [0.25, 0.3) is 5.65 Å². The molecule has 0 unspecified atom stereocenters. The van der Waals surface area contributed by atoms with E-state index < -0.39 is 0 Å². The minimum absolute atomic E-state index is 0.190. The van der Waals surface area contributed by atoms with Gasteiger partial charge in [0.2, 0.25) is 0 Å². The number of pyridine rings is 1. The lowest BCUT2D eigenvalue weighted by atomic mass is 9.85. The molecule has 1 saturated carbocycles. The first-order valence-electron chi connectivity index (χ1n) is 8.93. The maximum Gasteiger partial charge on any atom is 0.152 e. The van der Waals surface area contributed by atoms with Crippen LogP contribution in [0.4, 0.5) is 17.3 Å². The standard InChI is InChI=1S/C18H21BN6O/c19-14-10-21-25-17(22-13-5-3-7-20-9-13)8-16(24-18(14)25)23-15-6-2-1-4-12(15)11-26/h3,5,7-10,12,15,22,26H,1-2,4,6,11H2,(H,23,24)/t12-,15+/m0/s1. The van der Waals surface area contributed by atoms with Gasteiger partial charge in [-0.05, 0) is 30.4 Å². The van der Waals surface area contributed by atoms with Gasteiger partial charge in [-0.15, -0.1) is 0 Å². The van der Waals surface area contributed by atoms with E-state index in [2.05, 4.69) is 25.7 Å². The van der Waals surface area contributed by atoms with Crippen molar-refractivity contribution < 1.29 is 5.11 Å². The molecule has 3 aromatic heterocycles. The predicted molar refractivity (Wildman–Crippen MR) is 102 cm³/mol. The zero-order valence-corrected chi connectivity index (χ0v) is 14.5. The summed E-state index contributed by atoms with van der Waals surface area (Å²) in [6, 6.07) is 5.92. The molecule has 7 nitrogen and oxygen atoms in total. The lowest BCUT2D eigenvalue weighted by Gasteiger charge is -2.31. The van der Waals surface area contributed by atoms with Gasteiger partial charge in [0.1, 0.15) is 19.5 Å². The van der Waals surface area contributed by atoms with Crippen molar-refractivity contribution in [3.63, 3.8) is 0 Å². The molecule has 3 N–H and O–H groups in total. The maximum atomic E-state index is 9.66. The zero-order chi connectivity index (χ0) is 17.9. The van der Waals surface area contributed by atoms with Crippen LogP contribution in [0.5, 0.6) is 0 Å². The molecule has 0 bridgehead atoms. The van der Waals surface area contributed by atoms with Crippen LogP contribution < -0.4 is 16.1 Å². The molecule has 2 radical (unpaired) electrons. The summed E-state index contributed by atoms with van der Waals surface area (Å²) < 4.78 is 1.68. The van der Waals surface area contributed by atoms with Crippen LogP contribution in [0.2, 0.25) is 0 Å². The van der Waals surface area contributed by atoms with Crippen molar-refractivity contribution in [1.29, 1.82) is 0 Å². The van der Waals surface area contributed by atoms with Crippen LogP contribution in [-0.4, -0.2) is 45.2 Å². The van der Waals surface area contributed by atoms with E-state index in [0.717, 1.165) is 36.6 Å². The number of rotatable bonds is 5. The number of fused-ring (bicyclic) bond motifs is 1. The summed E-state index contributed by atoms with van der Waals surface area (Å²) in [5.74, 6) is 1.72. The second-order valence-electron chi connectivity index (χ2n) is 6.71. The molecule has 0 saturated heterocycles. The topological polar surface area (TPSA) is 87.4 Å². The van der Waals surface area contributed by atoms with Crippen LogP contribution >= 0.6 is 0 Å². The van der Waals surface area contributed by atoms with Gasteiger partial charge in [0.15, 0.2) is 5.65 Å². The van der Waals surface area contributed by atoms with Gasteiger partial charge in [-0.1, -0.05) is 12.8 Å². The summed E-state index contributed by atoms with van der Waals surface area (Å²) in [6.45, 7) is 0.190. The minimum Gasteiger partial charge on any atom is -0.396 e. The van der Waals surface area contributed by atoms with E-state index in [0.29, 0.717) is 11.1 Å². The number of hydrogen-bond donors (Lipinski definition) is 3. The molecular weight excluding hydrogens is 327 g/mol. The molecule has 2 atom stereocenters. The maximum absolute atomic E-state index is 9.66. The van der Waals surface area contributed by atoms with Crippen LogP contribution in [0.15, 0.2) is 36.8 Å². The van der Waals surface area contributed by atoms with Gasteiger partial charge in [-0.3, -0.25) is 4.98 Å². The number of aliphatic hydroxyl groups excluding tert-OH is 1. The van der Waals surface area contributed by atoms with Gasteiger partial charge in [-0.2, -0.15) is 9.61 Å². The fourth-order valence-corrected chi connectivity index (χ4v) is 3.53. The largest absolute Gasteiger partial charge is 0.396 e. The number of aliphatic hydroxyl groups is 1. The molecule has 1 fully saturated rings. The van der Waals surface area contributed by atoms with E-state index in [1.807, 2.05) is 18.2 Å². The number of nitrogens with one attached hydrogen (secondary N) is 2. The number of nitrogens with zero attached hydrogens (tertiary/aromatic N) is 4. The highest BCUT2D eigenvalue weighted by atomic mass is 16.3. The SMILES string of the molecule is [B]c1cnn2c(Nc3cccnc3)cc(N[C@@H]3CCCC[C@H]3CO)nc12. The lowest BCUT2D eigenvalue weighted by molar-refractivity contribution is 0.178. The molecule has 8 heteroatoms. The lowest BCUT2D eigenvalue weighted by Crippen LogP contribution is -2.34. The molecule has 26 heavy (non-hydrogen) atoms. The molecule has 4 rings (SSSR count). The average Bonchev–Trinajstić information content (AvgIpc) is 3.04. The van der Waals surface area contributed by atoms with Crippen LogP contribution in [0.1, 0.15) is 25.7 Å². The van der Waals surface area contributed by atoms with E-state index in [9.17, 15) is 5.11 Å². The summed E-state index contributed by atoms with van der Waals surface area (Å²) in [4.78, 5) is 8.75. The summed E-state index contributed by atoms with van der Waals surface area (Å²) in [6.07, 6.45) is 9.45. The Balaban J connectivity index is 1.67. The Kier molecular flexibility index (Phi) is 4.75. The molecule has 0 amide bonds. The minimum atomic E-state index is 0.190. The third-order valence-corrected chi connectivity index (χ3v) is 4.91. The number of hydrogen-bond acceptors (Lipinski definition) is 6. The summed E-state index contributed by atoms with van der Waals surface area (Å²) >= 11 is 0. The molecule has 3 heterocycles. The van der Waals surface area contributed by atoms with E-state index in [1.54, 1.807) is 23.1 Å². The molecular formula is C18H21BN6O. The zero-order valence-electron chi connectivity index (χ0n) is 14.5. The smallest absolute Gasteiger partial charge is 0.152 e. The van der Waals surface area contributed by atoms with Crippen molar-refractivity contribution in [3.8, 4) is 0 Å². The van der Waals surface area contributed by atoms with E-state index >= 15 is 0 Å². The fourth-order valence-electron chi connectivity index (χ4n) is 3.53. The van der Waals surface area contributed by atoms with Gasteiger partial charge < -0.3 is 15.7 Å². The van der Waals surface area contributed by atoms with Crippen molar-refractivity contribution in [2.24, 2.45) is 5.92 Å². The Hall–Kier alpha value is -2.61. The molecule has 1 aliphatic rings. The second kappa shape index (κ2) is 7.33. The number of anilines is 3. The van der Waals surface area contributed by atoms with Crippen molar-refractivity contribution in [2.45, 2.75) is 31.7 Å². The predicted octanol–water partition coefficient (Wildman–Crippen LogP) is 1.62. The normalized spacial score (nSPS) is 20.2. The Morgan fingerprint density at radius 2 is 2.15 bits per heavy atom. The van der Waals surface area contributed by atoms with E-state index in [4.69, 9.17) is 7.85 Å². The summed E-state index contributed by atoms with van der Waals surface area (Å²) in [7, 11) is 6.04. The summed E-state index contributed by atoms with van der Waals surface area (Å²) in [5, 5.41) is 20.8. The third kappa shape index (κ3) is 3.37. The number of aromatic nitrogens is 4. The molecule has 132 valence electrons. The van der Waals surface area contributed by atoms with Crippen LogP contribution in [0.3, 0.4) is 0 Å². The Morgan fingerprint density at radius 3 is 2.96 bits per heavy atom. The fraction of sp³-hybridized carbons (Fsp3) is 0.389. The van der Waals surface area contributed by atoms with Crippen molar-refractivity contribution in [1.82, 2.24) is 19.6 Å². The van der Waals surface area contributed by atoms with Gasteiger partial charge >= 0.3 is 0 Å². The van der Waals surface area contributed by atoms with E-state index in [1.165, 1.54) is 6.42 Å². The molecule has 0 aliphatic heterocycles. The van der Waals surface area contributed by atoms with Crippen LogP contribution in [-0.2, 0) is 0 Å². The monoisotopic (exact) mass is 348 g/mol. The first-order chi connectivity index (χ1) is 12.7. The Bertz CT molecular complexity index is 884.